The van der Waals surface area contributed by atoms with Gasteiger partial charge in [-0.2, -0.15) is 0 Å². The van der Waals surface area contributed by atoms with Crippen molar-refractivity contribution >= 4 is 0 Å². The largest absolute Gasteiger partial charge is 0.392 e. The zero-order valence-electron chi connectivity index (χ0n) is 12.0. The second kappa shape index (κ2) is 7.46. The lowest BCUT2D eigenvalue weighted by molar-refractivity contribution is 0.0896. The van der Waals surface area contributed by atoms with Crippen molar-refractivity contribution in [3.05, 3.63) is 0 Å². The maximum atomic E-state index is 9.83. The van der Waals surface area contributed by atoms with Crippen molar-refractivity contribution in [2.45, 2.75) is 64.0 Å². The van der Waals surface area contributed by atoms with Gasteiger partial charge in [-0.25, -0.2) is 0 Å². The molecule has 0 radical (unpaired) electrons. The van der Waals surface area contributed by atoms with E-state index in [2.05, 4.69) is 16.7 Å². The van der Waals surface area contributed by atoms with Crippen molar-refractivity contribution < 1.29 is 5.11 Å². The van der Waals surface area contributed by atoms with Crippen LogP contribution in [0.2, 0.25) is 0 Å². The van der Waals surface area contributed by atoms with Crippen molar-refractivity contribution in [3.63, 3.8) is 0 Å². The SMILES string of the molecule is CC[C@H](O)CN1CCC[C@H]1CN1CCCCCC1. The van der Waals surface area contributed by atoms with Gasteiger partial charge >= 0.3 is 0 Å². The molecule has 2 saturated heterocycles. The summed E-state index contributed by atoms with van der Waals surface area (Å²) >= 11 is 0. The first-order valence-corrected chi connectivity index (χ1v) is 7.94. The smallest absolute Gasteiger partial charge is 0.0664 e. The van der Waals surface area contributed by atoms with Crippen LogP contribution in [-0.2, 0) is 0 Å². The lowest BCUT2D eigenvalue weighted by Gasteiger charge is -2.31. The summed E-state index contributed by atoms with van der Waals surface area (Å²) in [7, 11) is 0. The van der Waals surface area contributed by atoms with Gasteiger partial charge in [0.15, 0.2) is 0 Å². The van der Waals surface area contributed by atoms with Gasteiger partial charge in [-0.15, -0.1) is 0 Å². The summed E-state index contributed by atoms with van der Waals surface area (Å²) in [6.45, 7) is 7.97. The molecule has 3 heteroatoms. The van der Waals surface area contributed by atoms with E-state index >= 15 is 0 Å². The minimum Gasteiger partial charge on any atom is -0.392 e. The van der Waals surface area contributed by atoms with E-state index in [1.165, 1.54) is 64.7 Å². The van der Waals surface area contributed by atoms with Crippen molar-refractivity contribution in [3.8, 4) is 0 Å². The Balaban J connectivity index is 1.79. The predicted molar refractivity (Wildman–Crippen MR) is 75.8 cm³/mol. The molecular formula is C15H30N2O. The predicted octanol–water partition coefficient (Wildman–Crippen LogP) is 2.10. The number of β-amino-alcohol motifs (C(OH)–C–C–N with tert-alkyl or cyclic N) is 1. The van der Waals surface area contributed by atoms with Gasteiger partial charge in [0.05, 0.1) is 6.10 Å². The van der Waals surface area contributed by atoms with Gasteiger partial charge in [-0.05, 0) is 51.7 Å². The Kier molecular flexibility index (Phi) is 5.93. The van der Waals surface area contributed by atoms with Gasteiger partial charge < -0.3 is 10.0 Å². The summed E-state index contributed by atoms with van der Waals surface area (Å²) < 4.78 is 0. The molecule has 0 aromatic carbocycles. The minimum atomic E-state index is -0.130. The quantitative estimate of drug-likeness (QED) is 0.814. The first-order chi connectivity index (χ1) is 8.79. The van der Waals surface area contributed by atoms with E-state index < -0.39 is 0 Å². The molecule has 2 aliphatic rings. The van der Waals surface area contributed by atoms with Gasteiger partial charge in [-0.1, -0.05) is 19.8 Å². The molecule has 2 aliphatic heterocycles. The molecule has 106 valence electrons. The second-order valence-electron chi connectivity index (χ2n) is 6.07. The van der Waals surface area contributed by atoms with Crippen LogP contribution in [0, 0.1) is 0 Å². The number of hydrogen-bond acceptors (Lipinski definition) is 3. The van der Waals surface area contributed by atoms with Crippen molar-refractivity contribution in [2.75, 3.05) is 32.7 Å². The van der Waals surface area contributed by atoms with E-state index in [1.807, 2.05) is 0 Å². The van der Waals surface area contributed by atoms with Gasteiger partial charge in [0, 0.05) is 19.1 Å². The molecule has 18 heavy (non-hydrogen) atoms. The molecule has 2 heterocycles. The number of aliphatic hydroxyl groups excluding tert-OH is 1. The summed E-state index contributed by atoms with van der Waals surface area (Å²) in [5.41, 5.74) is 0. The van der Waals surface area contributed by atoms with Crippen LogP contribution >= 0.6 is 0 Å². The zero-order valence-corrected chi connectivity index (χ0v) is 12.0. The molecule has 0 aliphatic carbocycles. The van der Waals surface area contributed by atoms with Crippen LogP contribution in [0.4, 0.5) is 0 Å². The monoisotopic (exact) mass is 254 g/mol. The molecule has 0 aromatic rings. The second-order valence-corrected chi connectivity index (χ2v) is 6.07. The highest BCUT2D eigenvalue weighted by molar-refractivity contribution is 4.83. The van der Waals surface area contributed by atoms with E-state index in [1.54, 1.807) is 0 Å². The molecular weight excluding hydrogens is 224 g/mol. The first kappa shape index (κ1) is 14.3. The molecule has 0 bridgehead atoms. The standard InChI is InChI=1S/C15H30N2O/c1-2-15(18)13-17-11-7-8-14(17)12-16-9-5-3-4-6-10-16/h14-15,18H,2-13H2,1H3/t14-,15-/m0/s1. The molecule has 0 amide bonds. The zero-order chi connectivity index (χ0) is 12.8. The topological polar surface area (TPSA) is 26.7 Å². The van der Waals surface area contributed by atoms with Crippen molar-refractivity contribution in [1.29, 1.82) is 0 Å². The Morgan fingerprint density at radius 2 is 1.78 bits per heavy atom. The molecule has 3 nitrogen and oxygen atoms in total. The highest BCUT2D eigenvalue weighted by Crippen LogP contribution is 2.20. The molecule has 0 unspecified atom stereocenters. The molecule has 0 spiro atoms. The number of aliphatic hydroxyl groups is 1. The van der Waals surface area contributed by atoms with E-state index in [4.69, 9.17) is 0 Å². The fourth-order valence-electron chi connectivity index (χ4n) is 3.36. The number of hydrogen-bond donors (Lipinski definition) is 1. The van der Waals surface area contributed by atoms with E-state index in [0.717, 1.165) is 13.0 Å². The number of likely N-dealkylation sites (tertiary alicyclic amines) is 2. The maximum Gasteiger partial charge on any atom is 0.0664 e. The lowest BCUT2D eigenvalue weighted by Crippen LogP contribution is -2.43. The summed E-state index contributed by atoms with van der Waals surface area (Å²) in [5.74, 6) is 0. The molecule has 1 N–H and O–H groups in total. The van der Waals surface area contributed by atoms with Gasteiger partial charge in [0.1, 0.15) is 0 Å². The number of rotatable bonds is 5. The molecule has 2 atom stereocenters. The maximum absolute atomic E-state index is 9.83. The lowest BCUT2D eigenvalue weighted by atomic mass is 10.2. The van der Waals surface area contributed by atoms with E-state index in [9.17, 15) is 5.11 Å². The highest BCUT2D eigenvalue weighted by atomic mass is 16.3. The Morgan fingerprint density at radius 1 is 1.06 bits per heavy atom. The molecule has 0 saturated carbocycles. The van der Waals surface area contributed by atoms with Crippen LogP contribution in [0.3, 0.4) is 0 Å². The van der Waals surface area contributed by atoms with Crippen LogP contribution < -0.4 is 0 Å². The van der Waals surface area contributed by atoms with Crippen molar-refractivity contribution in [1.82, 2.24) is 9.80 Å². The summed E-state index contributed by atoms with van der Waals surface area (Å²) in [6, 6.07) is 0.698. The molecule has 0 aromatic heterocycles. The summed E-state index contributed by atoms with van der Waals surface area (Å²) in [5, 5.41) is 9.83. The summed E-state index contributed by atoms with van der Waals surface area (Å²) in [4.78, 5) is 5.19. The Morgan fingerprint density at radius 3 is 2.44 bits per heavy atom. The van der Waals surface area contributed by atoms with Gasteiger partial charge in [0.2, 0.25) is 0 Å². The van der Waals surface area contributed by atoms with Gasteiger partial charge in [0.25, 0.3) is 0 Å². The van der Waals surface area contributed by atoms with E-state index in [-0.39, 0.29) is 6.10 Å². The van der Waals surface area contributed by atoms with E-state index in [0.29, 0.717) is 6.04 Å². The fraction of sp³-hybridized carbons (Fsp3) is 1.00. The van der Waals surface area contributed by atoms with Crippen LogP contribution in [0.25, 0.3) is 0 Å². The third kappa shape index (κ3) is 4.22. The fourth-order valence-corrected chi connectivity index (χ4v) is 3.36. The Labute approximate surface area is 112 Å². The average Bonchev–Trinajstić information content (AvgIpc) is 2.64. The van der Waals surface area contributed by atoms with Crippen molar-refractivity contribution in [2.24, 2.45) is 0 Å². The van der Waals surface area contributed by atoms with Crippen LogP contribution in [0.15, 0.2) is 0 Å². The summed E-state index contributed by atoms with van der Waals surface area (Å²) in [6.07, 6.45) is 8.98. The van der Waals surface area contributed by atoms with Crippen LogP contribution in [0.5, 0.6) is 0 Å². The number of nitrogens with zero attached hydrogens (tertiary/aromatic N) is 2. The highest BCUT2D eigenvalue weighted by Gasteiger charge is 2.27. The molecule has 2 rings (SSSR count). The van der Waals surface area contributed by atoms with Crippen LogP contribution in [0.1, 0.15) is 51.9 Å². The normalized spacial score (nSPS) is 29.3. The van der Waals surface area contributed by atoms with Gasteiger partial charge in [-0.3, -0.25) is 4.90 Å². The Hall–Kier alpha value is -0.120. The third-order valence-corrected chi connectivity index (χ3v) is 4.58. The molecule has 2 fully saturated rings. The minimum absolute atomic E-state index is 0.130. The van der Waals surface area contributed by atoms with Crippen LogP contribution in [-0.4, -0.2) is 59.8 Å². The average molecular weight is 254 g/mol. The first-order valence-electron chi connectivity index (χ1n) is 7.94. The Bertz CT molecular complexity index is 227. The third-order valence-electron chi connectivity index (χ3n) is 4.58.